The molecular weight excluding hydrogens is 290 g/mol. The van der Waals surface area contributed by atoms with Crippen molar-refractivity contribution in [2.75, 3.05) is 21.1 Å². The number of carboxylic acid groups (broad SMARTS) is 1. The topological polar surface area (TPSA) is 99.2 Å². The van der Waals surface area contributed by atoms with Crippen molar-refractivity contribution in [3.63, 3.8) is 0 Å². The van der Waals surface area contributed by atoms with Crippen LogP contribution in [0.5, 0.6) is 0 Å². The molecular formula is C14H19N3O5. The van der Waals surface area contributed by atoms with Gasteiger partial charge in [0.25, 0.3) is 0 Å². The Hall–Kier alpha value is -2.77. The van der Waals surface area contributed by atoms with Crippen molar-refractivity contribution in [1.29, 1.82) is 0 Å². The van der Waals surface area contributed by atoms with E-state index in [-0.39, 0.29) is 6.42 Å². The second kappa shape index (κ2) is 7.87. The number of carboxylic acids is 1. The van der Waals surface area contributed by atoms with Gasteiger partial charge in [-0.25, -0.2) is 24.4 Å². The van der Waals surface area contributed by atoms with Gasteiger partial charge in [-0.05, 0) is 5.56 Å². The number of hydrazine groups is 1. The third-order valence-corrected chi connectivity index (χ3v) is 3.00. The molecule has 0 heterocycles. The molecule has 0 aliphatic heterocycles. The average Bonchev–Trinajstić information content (AvgIpc) is 2.52. The van der Waals surface area contributed by atoms with Gasteiger partial charge in [0.05, 0.1) is 0 Å². The van der Waals surface area contributed by atoms with E-state index in [4.69, 9.17) is 4.74 Å². The zero-order valence-electron chi connectivity index (χ0n) is 12.6. The van der Waals surface area contributed by atoms with E-state index in [2.05, 4.69) is 5.32 Å². The van der Waals surface area contributed by atoms with Crippen molar-refractivity contribution in [3.05, 3.63) is 35.9 Å². The summed E-state index contributed by atoms with van der Waals surface area (Å²) < 4.78 is 4.96. The molecule has 0 bridgehead atoms. The van der Waals surface area contributed by atoms with Crippen LogP contribution < -0.4 is 5.32 Å². The summed E-state index contributed by atoms with van der Waals surface area (Å²) in [6.45, 7) is 0. The SMILES string of the molecule is CNC(=O)N(C)N(C)C(=O)O[C@@H](Cc1ccccc1)C(=O)O. The molecule has 0 spiro atoms. The van der Waals surface area contributed by atoms with Crippen molar-refractivity contribution in [2.45, 2.75) is 12.5 Å². The molecule has 22 heavy (non-hydrogen) atoms. The van der Waals surface area contributed by atoms with Gasteiger partial charge in [-0.3, -0.25) is 0 Å². The van der Waals surface area contributed by atoms with Gasteiger partial charge in [0.1, 0.15) is 0 Å². The number of urea groups is 1. The number of carbonyl (C=O) groups is 3. The summed E-state index contributed by atoms with van der Waals surface area (Å²) in [4.78, 5) is 34.6. The molecule has 120 valence electrons. The number of hydrogen-bond acceptors (Lipinski definition) is 4. The van der Waals surface area contributed by atoms with Gasteiger partial charge < -0.3 is 15.2 Å². The van der Waals surface area contributed by atoms with Crippen molar-refractivity contribution in [3.8, 4) is 0 Å². The number of hydrogen-bond donors (Lipinski definition) is 2. The number of benzene rings is 1. The van der Waals surface area contributed by atoms with E-state index in [1.807, 2.05) is 0 Å². The van der Waals surface area contributed by atoms with Gasteiger partial charge in [0.15, 0.2) is 0 Å². The van der Waals surface area contributed by atoms with Gasteiger partial charge in [0.2, 0.25) is 6.10 Å². The first-order valence-electron chi connectivity index (χ1n) is 6.53. The maximum Gasteiger partial charge on any atom is 0.429 e. The molecule has 1 aromatic rings. The normalized spacial score (nSPS) is 11.2. The third kappa shape index (κ3) is 4.65. The fourth-order valence-electron chi connectivity index (χ4n) is 1.63. The van der Waals surface area contributed by atoms with E-state index < -0.39 is 24.2 Å². The largest absolute Gasteiger partial charge is 0.478 e. The predicted octanol–water partition coefficient (Wildman–Crippen LogP) is 0.937. The van der Waals surface area contributed by atoms with Crippen LogP contribution in [-0.2, 0) is 16.0 Å². The van der Waals surface area contributed by atoms with Crippen LogP contribution in [0.25, 0.3) is 0 Å². The molecule has 0 saturated heterocycles. The lowest BCUT2D eigenvalue weighted by molar-refractivity contribution is -0.147. The molecule has 0 unspecified atom stereocenters. The lowest BCUT2D eigenvalue weighted by atomic mass is 10.1. The second-order valence-corrected chi connectivity index (χ2v) is 4.50. The van der Waals surface area contributed by atoms with Gasteiger partial charge >= 0.3 is 18.1 Å². The molecule has 0 fully saturated rings. The first-order valence-corrected chi connectivity index (χ1v) is 6.53. The molecule has 0 saturated carbocycles. The number of aliphatic carboxylic acids is 1. The molecule has 8 nitrogen and oxygen atoms in total. The van der Waals surface area contributed by atoms with Crippen LogP contribution in [0.4, 0.5) is 9.59 Å². The first kappa shape index (κ1) is 17.3. The smallest absolute Gasteiger partial charge is 0.429 e. The van der Waals surface area contributed by atoms with Crippen LogP contribution in [0.1, 0.15) is 5.56 Å². The number of carbonyl (C=O) groups excluding carboxylic acids is 2. The maximum atomic E-state index is 11.9. The van der Waals surface area contributed by atoms with E-state index in [1.165, 1.54) is 21.1 Å². The highest BCUT2D eigenvalue weighted by molar-refractivity contribution is 5.80. The quantitative estimate of drug-likeness (QED) is 0.806. The fourth-order valence-corrected chi connectivity index (χ4v) is 1.63. The summed E-state index contributed by atoms with van der Waals surface area (Å²) >= 11 is 0. The monoisotopic (exact) mass is 309 g/mol. The molecule has 0 aromatic heterocycles. The molecule has 8 heteroatoms. The summed E-state index contributed by atoms with van der Waals surface area (Å²) in [5, 5.41) is 13.4. The minimum atomic E-state index is -1.34. The van der Waals surface area contributed by atoms with Crippen LogP contribution in [-0.4, -0.2) is 60.5 Å². The maximum absolute atomic E-state index is 11.9. The Labute approximate surface area is 128 Å². The lowest BCUT2D eigenvalue weighted by Gasteiger charge is -2.28. The highest BCUT2D eigenvalue weighted by Gasteiger charge is 2.27. The molecule has 1 aromatic carbocycles. The molecule has 0 radical (unpaired) electrons. The van der Waals surface area contributed by atoms with E-state index in [0.29, 0.717) is 0 Å². The van der Waals surface area contributed by atoms with Gasteiger partial charge in [-0.1, -0.05) is 30.3 Å². The molecule has 2 N–H and O–H groups in total. The second-order valence-electron chi connectivity index (χ2n) is 4.50. The molecule has 0 aliphatic carbocycles. The first-order chi connectivity index (χ1) is 10.4. The number of ether oxygens (including phenoxy) is 1. The molecule has 1 rings (SSSR count). The van der Waals surface area contributed by atoms with Gasteiger partial charge in [0, 0.05) is 27.6 Å². The van der Waals surface area contributed by atoms with Crippen molar-refractivity contribution in [1.82, 2.24) is 15.3 Å². The van der Waals surface area contributed by atoms with Crippen molar-refractivity contribution >= 4 is 18.1 Å². The van der Waals surface area contributed by atoms with Gasteiger partial charge in [-0.15, -0.1) is 0 Å². The Morgan fingerprint density at radius 1 is 1.18 bits per heavy atom. The Balaban J connectivity index is 2.72. The molecule has 0 aliphatic rings. The Morgan fingerprint density at radius 3 is 2.27 bits per heavy atom. The Bertz CT molecular complexity index is 535. The highest BCUT2D eigenvalue weighted by Crippen LogP contribution is 2.08. The summed E-state index contributed by atoms with van der Waals surface area (Å²) in [7, 11) is 4.07. The minimum Gasteiger partial charge on any atom is -0.478 e. The third-order valence-electron chi connectivity index (χ3n) is 3.00. The standard InChI is InChI=1S/C14H19N3O5/c1-15-13(20)16(2)17(3)14(21)22-11(12(18)19)9-10-7-5-4-6-8-10/h4-8,11H,9H2,1-3H3,(H,15,20)(H,18,19)/t11-/m0/s1. The van der Waals surface area contributed by atoms with E-state index in [9.17, 15) is 19.5 Å². The summed E-state index contributed by atoms with van der Waals surface area (Å²) in [6, 6.07) is 8.28. The lowest BCUT2D eigenvalue weighted by Crippen LogP contribution is -2.49. The van der Waals surface area contributed by atoms with Crippen LogP contribution in [0.3, 0.4) is 0 Å². The number of nitrogens with zero attached hydrogens (tertiary/aromatic N) is 2. The van der Waals surface area contributed by atoms with E-state index >= 15 is 0 Å². The van der Waals surface area contributed by atoms with Crippen LogP contribution in [0.15, 0.2) is 30.3 Å². The Morgan fingerprint density at radius 2 is 1.77 bits per heavy atom. The van der Waals surface area contributed by atoms with Crippen molar-refractivity contribution in [2.24, 2.45) is 0 Å². The predicted molar refractivity (Wildman–Crippen MR) is 78.0 cm³/mol. The van der Waals surface area contributed by atoms with Crippen LogP contribution in [0, 0.1) is 0 Å². The summed E-state index contributed by atoms with van der Waals surface area (Å²) in [5.41, 5.74) is 0.727. The summed E-state index contributed by atoms with van der Waals surface area (Å²) in [5.74, 6) is -1.26. The van der Waals surface area contributed by atoms with E-state index in [1.54, 1.807) is 30.3 Å². The average molecular weight is 309 g/mol. The van der Waals surface area contributed by atoms with Crippen molar-refractivity contribution < 1.29 is 24.2 Å². The Kier molecular flexibility index (Phi) is 6.18. The number of nitrogens with one attached hydrogen (secondary N) is 1. The fraction of sp³-hybridized carbons (Fsp3) is 0.357. The number of amides is 3. The van der Waals surface area contributed by atoms with Crippen LogP contribution >= 0.6 is 0 Å². The van der Waals surface area contributed by atoms with E-state index in [0.717, 1.165) is 15.6 Å². The zero-order chi connectivity index (χ0) is 16.7. The highest BCUT2D eigenvalue weighted by atomic mass is 16.6. The van der Waals surface area contributed by atoms with Gasteiger partial charge in [-0.2, -0.15) is 0 Å². The molecule has 1 atom stereocenters. The minimum absolute atomic E-state index is 0.0411. The summed E-state index contributed by atoms with van der Waals surface area (Å²) in [6.07, 6.45) is -2.23. The zero-order valence-corrected chi connectivity index (χ0v) is 12.6. The number of rotatable bonds is 4. The van der Waals surface area contributed by atoms with Crippen LogP contribution in [0.2, 0.25) is 0 Å². The molecule has 3 amide bonds.